The van der Waals surface area contributed by atoms with Crippen LogP contribution in [0.25, 0.3) is 47.3 Å². The molecule has 580 valence electrons. The molecule has 0 fully saturated rings. The third-order valence-electron chi connectivity index (χ3n) is 14.6. The first-order valence-corrected chi connectivity index (χ1v) is 32.6. The predicted octanol–water partition coefficient (Wildman–Crippen LogP) is -5.53. The second kappa shape index (κ2) is 34.8. The van der Waals surface area contributed by atoms with Crippen LogP contribution in [-0.2, 0) is 32.1 Å². The monoisotopic (exact) mass is 1550 g/mol. The molecule has 0 aliphatic heterocycles. The lowest BCUT2D eigenvalue weighted by Crippen LogP contribution is -2.13. The third-order valence-corrected chi connectivity index (χ3v) is 14.6. The topological polar surface area (TPSA) is 808 Å². The number of rotatable bonds is 28. The van der Waals surface area contributed by atoms with Crippen molar-refractivity contribution in [3.8, 4) is 47.3 Å². The van der Waals surface area contributed by atoms with Gasteiger partial charge in [0.2, 0.25) is 35.4 Å². The van der Waals surface area contributed by atoms with Crippen LogP contribution in [-0.4, -0.2) is 322 Å². The van der Waals surface area contributed by atoms with Gasteiger partial charge in [0, 0.05) is 54.4 Å². The first kappa shape index (κ1) is 76.1. The van der Waals surface area contributed by atoms with Gasteiger partial charge in [0.25, 0.3) is 53.5 Å². The highest BCUT2D eigenvalue weighted by Gasteiger charge is 2.24. The lowest BCUT2D eigenvalue weighted by atomic mass is 10.1. The number of nitrogen functional groups attached to an aromatic ring is 4. The zero-order valence-electron chi connectivity index (χ0n) is 61.5. The number of nitrogens with two attached hydrogens (primary N) is 4. The number of aliphatic imine (C=N–C) groups is 3. The highest BCUT2D eigenvalue weighted by atomic mass is 15.7. The van der Waals surface area contributed by atoms with Gasteiger partial charge in [-0.3, -0.25) is 35.4 Å². The summed E-state index contributed by atoms with van der Waals surface area (Å²) in [5.74, 6) is 5.82. The van der Waals surface area contributed by atoms with Gasteiger partial charge in [0.15, 0.2) is 40.8 Å². The number of H-pyrrole nitrogens is 4. The minimum Gasteiger partial charge on any atom is -0.368 e. The van der Waals surface area contributed by atoms with Crippen molar-refractivity contribution in [2.75, 3.05) is 101 Å². The summed E-state index contributed by atoms with van der Waals surface area (Å²) in [6.45, 7) is 5.53. The number of hydrogen-bond acceptors (Lipinski definition) is 51. The smallest absolute Gasteiger partial charge is 0.292 e. The fourth-order valence-electron chi connectivity index (χ4n) is 8.85. The molecule has 0 saturated carbocycles. The molecule has 0 unspecified atom stereocenters. The number of hydrogen-bond donors (Lipinski definition) is 8. The van der Waals surface area contributed by atoms with Crippen molar-refractivity contribution in [2.45, 2.75) is 72.1 Å². The first-order valence-electron chi connectivity index (χ1n) is 32.6. The molecular formula is C49H64N64. The summed E-state index contributed by atoms with van der Waals surface area (Å²) in [6.07, 6.45) is 4.34. The van der Waals surface area contributed by atoms with E-state index in [-0.39, 0.29) is 114 Å². The quantitative estimate of drug-likeness (QED) is 0.00981. The summed E-state index contributed by atoms with van der Waals surface area (Å²) in [7, 11) is 14.6. The summed E-state index contributed by atoms with van der Waals surface area (Å²) >= 11 is 0. The average Bonchev–Trinajstić information content (AvgIpc) is 1.67. The summed E-state index contributed by atoms with van der Waals surface area (Å²) in [6, 6.07) is 0. The van der Waals surface area contributed by atoms with Crippen LogP contribution in [0.4, 0.5) is 41.6 Å². The number of aromatic amines is 4. The van der Waals surface area contributed by atoms with Gasteiger partial charge in [-0.15, -0.1) is 143 Å². The van der Waals surface area contributed by atoms with Crippen LogP contribution in [0, 0.1) is 0 Å². The second-order valence-electron chi connectivity index (χ2n) is 22.4. The molecule has 113 heavy (non-hydrogen) atoms. The molecular weight excluding hydrogens is 1480 g/mol. The van der Waals surface area contributed by atoms with Crippen molar-refractivity contribution in [2.24, 2.45) is 46.0 Å². The number of anilines is 7. The Hall–Kier alpha value is -16.6. The van der Waals surface area contributed by atoms with Gasteiger partial charge in [0.1, 0.15) is 23.3 Å². The van der Waals surface area contributed by atoms with E-state index in [4.69, 9.17) is 22.9 Å². The van der Waals surface area contributed by atoms with Crippen LogP contribution >= 0.6 is 0 Å². The molecule has 0 amide bonds. The number of aromatic nitrogens is 48. The van der Waals surface area contributed by atoms with E-state index in [0.29, 0.717) is 82.2 Å². The molecule has 14 rings (SSSR count). The third kappa shape index (κ3) is 18.6. The van der Waals surface area contributed by atoms with Gasteiger partial charge >= 0.3 is 0 Å². The minimum absolute atomic E-state index is 0.0303. The molecule has 14 aromatic heterocycles. The number of unbranched alkanes of at least 4 members (excludes halogenated alkanes) is 1. The van der Waals surface area contributed by atoms with Gasteiger partial charge in [-0.25, -0.2) is 20.0 Å². The number of nitrogens with one attached hydrogen (secondary N) is 4. The van der Waals surface area contributed by atoms with Crippen molar-refractivity contribution in [1.82, 2.24) is 242 Å². The van der Waals surface area contributed by atoms with Crippen LogP contribution in [0.3, 0.4) is 0 Å². The molecule has 0 spiro atoms. The van der Waals surface area contributed by atoms with Gasteiger partial charge in [0.05, 0.1) is 58.2 Å². The summed E-state index contributed by atoms with van der Waals surface area (Å²) in [4.78, 5) is 48.2. The van der Waals surface area contributed by atoms with Crippen LogP contribution < -0.4 is 38.0 Å². The Labute approximate surface area is 629 Å². The standard InChI is InChI=1S/C20H22N30.C17H25N19.C12H17N15/c1-7(23-2)12-27-15(21)48(42-12)19-38-31-10(32-39-19)5-8-25-13(35-29-8)14-36-46-50(43-14)18-28-16(22)49(44-18)20-40-33-11(34-41-20)6-9-26-17(37-30-9)47(4)45-24-3;1-10(19-2)7-5-6-8-11-26-33-36(30-11)15-21-12(23-27-15)9-13-24-28-17(29-25-13)35-14(18)22-16(31-35)34(4)32-20-3;1-6(14-2)9-17-10(13)27(24-9)12-22-19-8(20-23-12)5-7-16-11(21-18-7)26(4)25-15-3/h5-6H2,1-4H3,(H2,21,27,42)(H2,22,28,44)(H,25,29,35)(H,26,30,37);5-9H2,1-4H3,(H2,18,22,31)(H,21,23,27);5H2,1-4H3,(H2,13,17,24)(H,16,18,21). The molecule has 0 saturated heterocycles. The summed E-state index contributed by atoms with van der Waals surface area (Å²) in [5.41, 5.74) is 26.0. The van der Waals surface area contributed by atoms with E-state index in [0.717, 1.165) is 34.5 Å². The lowest BCUT2D eigenvalue weighted by Gasteiger charge is -2.03. The van der Waals surface area contributed by atoms with E-state index >= 15 is 0 Å². The first-order chi connectivity index (χ1) is 54.7. The Morgan fingerprint density at radius 1 is 0.345 bits per heavy atom. The van der Waals surface area contributed by atoms with Crippen LogP contribution in [0.15, 0.2) is 46.0 Å². The predicted molar refractivity (Wildman–Crippen MR) is 379 cm³/mol. The normalized spacial score (nSPS) is 12.0. The Balaban J connectivity index is 0.000000165. The largest absolute Gasteiger partial charge is 0.368 e. The van der Waals surface area contributed by atoms with Gasteiger partial charge in [-0.2, -0.15) is 69.0 Å². The zero-order valence-corrected chi connectivity index (χ0v) is 61.5. The van der Waals surface area contributed by atoms with Crippen molar-refractivity contribution in [1.29, 1.82) is 0 Å². The Morgan fingerprint density at radius 2 is 0.752 bits per heavy atom. The molecule has 0 radical (unpaired) electrons. The molecule has 0 aliphatic carbocycles. The fraction of sp³-hybridized carbons (Fsp3) is 0.408. The molecule has 14 heterocycles. The fourth-order valence-corrected chi connectivity index (χ4v) is 8.85. The highest BCUT2D eigenvalue weighted by molar-refractivity contribution is 5.95. The number of nitrogens with zero attached hydrogens (tertiary/aromatic N) is 56. The van der Waals surface area contributed by atoms with Crippen molar-refractivity contribution < 1.29 is 0 Å². The molecule has 0 bridgehead atoms. The van der Waals surface area contributed by atoms with Crippen LogP contribution in [0.2, 0.25) is 0 Å². The maximum atomic E-state index is 6.04. The second-order valence-corrected chi connectivity index (χ2v) is 22.4. The van der Waals surface area contributed by atoms with E-state index in [1.807, 2.05) is 6.92 Å². The molecule has 14 aromatic rings. The van der Waals surface area contributed by atoms with Gasteiger partial charge < -0.3 is 22.9 Å². The SMILES string of the molecule is CN=NN(C)c1n[nH]c(Cc2nnc(-n3nc(-n4nnc(-c5n[nH]c(Cc6nnc(-n7nc(C(C)=NC)nc7N)nn6)n5)n4)nc3N)nn2)n1.CN=NN(C)c1n[nH]c(Cc2nnc(-n3nc(C(C)=NC)nc3N)nn2)n1.CN=NN(C)c1nc(N)n(-c2nnc(Cc3nc(-n4nnc(CCCCC(C)=NC)n4)n[nH]3)nn2)n1. The maximum absolute atomic E-state index is 6.04. The van der Waals surface area contributed by atoms with Gasteiger partial charge in [-0.1, -0.05) is 25.3 Å². The van der Waals surface area contributed by atoms with E-state index in [2.05, 4.69) is 259 Å². The molecule has 0 aliphatic rings. The molecule has 64 nitrogen and oxygen atoms in total. The molecule has 12 N–H and O–H groups in total. The molecule has 64 heteroatoms. The van der Waals surface area contributed by atoms with Crippen LogP contribution in [0.1, 0.15) is 104 Å². The van der Waals surface area contributed by atoms with Crippen molar-refractivity contribution in [3.63, 3.8) is 0 Å². The number of tetrazole rings is 2. The molecule has 0 aromatic carbocycles. The van der Waals surface area contributed by atoms with Crippen molar-refractivity contribution in [3.05, 3.63) is 64.1 Å². The van der Waals surface area contributed by atoms with Gasteiger partial charge in [-0.05, 0) is 50.5 Å². The Kier molecular flexibility index (Phi) is 23.4. The Bertz CT molecular complexity index is 5640. The Morgan fingerprint density at radius 3 is 1.23 bits per heavy atom. The summed E-state index contributed by atoms with van der Waals surface area (Å²) in [5, 5.41) is 160. The summed E-state index contributed by atoms with van der Waals surface area (Å²) < 4.78 is 4.75. The van der Waals surface area contributed by atoms with E-state index in [1.165, 1.54) is 48.0 Å². The lowest BCUT2D eigenvalue weighted by molar-refractivity contribution is 0.655. The zero-order chi connectivity index (χ0) is 79.7. The van der Waals surface area contributed by atoms with Crippen LogP contribution in [0.5, 0.6) is 0 Å². The van der Waals surface area contributed by atoms with E-state index in [9.17, 15) is 0 Å². The van der Waals surface area contributed by atoms with Crippen molar-refractivity contribution >= 4 is 58.8 Å². The van der Waals surface area contributed by atoms with E-state index < -0.39 is 0 Å². The average molecular weight is 1550 g/mol. The minimum atomic E-state index is -0.0894. The maximum Gasteiger partial charge on any atom is 0.292 e. The van der Waals surface area contributed by atoms with E-state index in [1.54, 1.807) is 63.2 Å². The number of aryl methyl sites for hydroxylation is 1. The molecule has 0 atom stereocenters. The highest BCUT2D eigenvalue weighted by Crippen LogP contribution is 2.18.